The average Bonchev–Trinajstić information content (AvgIpc) is 4.18. The maximum atomic E-state index is 10.3. The Morgan fingerprint density at radius 1 is 0.338 bits per heavy atom. The Morgan fingerprint density at radius 2 is 0.615 bits per heavy atom. The van der Waals surface area contributed by atoms with Crippen LogP contribution >= 0.6 is 0 Å². The second-order valence-electron chi connectivity index (χ2n) is 16.9. The lowest BCUT2D eigenvalue weighted by molar-refractivity contribution is 0.304. The van der Waals surface area contributed by atoms with Crippen LogP contribution in [0.4, 0.5) is 0 Å². The standard InChI is InChI=1S/C57H54N4O4/c1-2-3-4-5-6-7-8-9-10-11-12-37-65-45-27-19-41(20-28-45)57-52-35-33-50(60-52)55(39-15-23-43(63)24-16-39)48-31-29-46(58-48)54(38-13-21-42(62)22-14-38)47-30-32-49(59-47)56(51-34-36-53(57)61-51)40-17-25-44(64)26-18-40/h13-36,62-64H,2-12,37H2,1H3. The van der Waals surface area contributed by atoms with Crippen molar-refractivity contribution >= 4 is 45.1 Å². The predicted octanol–water partition coefficient (Wildman–Crippen LogP) is 13.5. The highest BCUT2D eigenvalue weighted by Gasteiger charge is 2.28. The highest BCUT2D eigenvalue weighted by atomic mass is 16.5. The minimum atomic E-state index is 0.159. The topological polar surface area (TPSA) is 119 Å². The molecule has 4 aromatic carbocycles. The Labute approximate surface area is 381 Å². The zero-order chi connectivity index (χ0) is 44.5. The highest BCUT2D eigenvalue weighted by Crippen LogP contribution is 2.39. The molecule has 0 spiro atoms. The van der Waals surface area contributed by atoms with Gasteiger partial charge in [-0.3, -0.25) is 0 Å². The van der Waals surface area contributed by atoms with Crippen LogP contribution in [-0.2, 0) is 0 Å². The minimum Gasteiger partial charge on any atom is -0.508 e. The monoisotopic (exact) mass is 858 g/mol. The lowest BCUT2D eigenvalue weighted by Crippen LogP contribution is -2.04. The van der Waals surface area contributed by atoms with Crippen LogP contribution in [0.15, 0.2) is 188 Å². The van der Waals surface area contributed by atoms with E-state index in [0.29, 0.717) is 29.4 Å². The van der Waals surface area contributed by atoms with E-state index in [2.05, 4.69) is 19.1 Å². The van der Waals surface area contributed by atoms with Crippen LogP contribution in [0.2, 0.25) is 0 Å². The van der Waals surface area contributed by atoms with Crippen LogP contribution in [-0.4, -0.2) is 44.8 Å². The Morgan fingerprint density at radius 3 is 0.923 bits per heavy atom. The number of nitrogens with zero attached hydrogens (tertiary/aromatic N) is 4. The molecule has 0 unspecified atom stereocenters. The molecule has 0 aliphatic carbocycles. The highest BCUT2D eigenvalue weighted by molar-refractivity contribution is 6.39. The van der Waals surface area contributed by atoms with Gasteiger partial charge in [0.1, 0.15) is 23.0 Å². The van der Waals surface area contributed by atoms with Gasteiger partial charge in [-0.25, -0.2) is 20.0 Å². The largest absolute Gasteiger partial charge is 0.508 e. The smallest absolute Gasteiger partial charge is 0.119 e. The molecule has 8 heteroatoms. The van der Waals surface area contributed by atoms with E-state index in [9.17, 15) is 15.3 Å². The van der Waals surface area contributed by atoms with Crippen LogP contribution in [0.5, 0.6) is 23.0 Å². The Bertz CT molecular complexity index is 2780. The molecule has 5 aliphatic heterocycles. The molecule has 9 rings (SSSR count). The third kappa shape index (κ3) is 9.92. The Balaban J connectivity index is 1.10. The summed E-state index contributed by atoms with van der Waals surface area (Å²) in [5.74, 6) is 1.32. The fraction of sp³-hybridized carbons (Fsp3) is 0.228. The molecule has 326 valence electrons. The number of benzene rings is 4. The normalized spacial score (nSPS) is 16.3. The minimum absolute atomic E-state index is 0.159. The summed E-state index contributed by atoms with van der Waals surface area (Å²) in [5.41, 5.74) is 12.5. The van der Waals surface area contributed by atoms with Crippen LogP contribution < -0.4 is 4.74 Å². The van der Waals surface area contributed by atoms with E-state index < -0.39 is 0 Å². The molecular formula is C57H54N4O4. The van der Waals surface area contributed by atoms with Gasteiger partial charge in [0, 0.05) is 22.3 Å². The van der Waals surface area contributed by atoms with Crippen molar-refractivity contribution in [3.8, 4) is 23.0 Å². The van der Waals surface area contributed by atoms with Crippen molar-refractivity contribution in [2.75, 3.05) is 6.61 Å². The van der Waals surface area contributed by atoms with Gasteiger partial charge < -0.3 is 20.1 Å². The molecule has 0 amide bonds. The summed E-state index contributed by atoms with van der Waals surface area (Å²) in [4.78, 5) is 21.2. The van der Waals surface area contributed by atoms with E-state index in [-0.39, 0.29) is 17.2 Å². The summed E-state index contributed by atoms with van der Waals surface area (Å²) < 4.78 is 6.25. The molecule has 0 aromatic heterocycles. The van der Waals surface area contributed by atoms with Gasteiger partial charge in [0.15, 0.2) is 0 Å². The maximum absolute atomic E-state index is 10.3. The van der Waals surface area contributed by atoms with Crippen molar-refractivity contribution in [2.45, 2.75) is 77.6 Å². The molecule has 8 nitrogen and oxygen atoms in total. The van der Waals surface area contributed by atoms with Crippen LogP contribution in [0, 0.1) is 0 Å². The first-order valence-corrected chi connectivity index (χ1v) is 23.1. The molecule has 8 bridgehead atoms. The number of aliphatic imine (C=N–C) groups is 4. The molecule has 65 heavy (non-hydrogen) atoms. The summed E-state index contributed by atoms with van der Waals surface area (Å²) in [5, 5.41) is 30.9. The zero-order valence-electron chi connectivity index (χ0n) is 36.9. The van der Waals surface area contributed by atoms with E-state index in [4.69, 9.17) is 24.7 Å². The summed E-state index contributed by atoms with van der Waals surface area (Å²) in [6.07, 6.45) is 30.3. The van der Waals surface area contributed by atoms with Gasteiger partial charge in [0.25, 0.3) is 0 Å². The summed E-state index contributed by atoms with van der Waals surface area (Å²) >= 11 is 0. The second-order valence-corrected chi connectivity index (χ2v) is 16.9. The number of hydrogen-bond acceptors (Lipinski definition) is 8. The first-order chi connectivity index (χ1) is 31.9. The molecule has 5 aliphatic rings. The predicted molar refractivity (Wildman–Crippen MR) is 267 cm³/mol. The molecule has 3 N–H and O–H groups in total. The number of phenolic OH excluding ortho intramolecular Hbond substituents is 3. The lowest BCUT2D eigenvalue weighted by Gasteiger charge is -2.13. The fourth-order valence-electron chi connectivity index (χ4n) is 8.83. The van der Waals surface area contributed by atoms with Gasteiger partial charge >= 0.3 is 0 Å². The van der Waals surface area contributed by atoms with E-state index in [1.54, 1.807) is 36.4 Å². The number of fused-ring (bicyclic) bond motifs is 4. The van der Waals surface area contributed by atoms with E-state index in [1.165, 1.54) is 64.2 Å². The van der Waals surface area contributed by atoms with Crippen molar-refractivity contribution in [3.63, 3.8) is 0 Å². The zero-order valence-corrected chi connectivity index (χ0v) is 36.9. The van der Waals surface area contributed by atoms with Gasteiger partial charge in [-0.15, -0.1) is 0 Å². The van der Waals surface area contributed by atoms with Gasteiger partial charge in [-0.1, -0.05) is 120 Å². The van der Waals surface area contributed by atoms with E-state index >= 15 is 0 Å². The molecule has 0 saturated carbocycles. The number of rotatable bonds is 17. The molecule has 0 fully saturated rings. The van der Waals surface area contributed by atoms with E-state index in [1.807, 2.05) is 97.1 Å². The van der Waals surface area contributed by atoms with E-state index in [0.717, 1.165) is 79.5 Å². The summed E-state index contributed by atoms with van der Waals surface area (Å²) in [7, 11) is 0. The number of aromatic hydroxyl groups is 3. The Kier molecular flexibility index (Phi) is 13.2. The average molecular weight is 859 g/mol. The van der Waals surface area contributed by atoms with Gasteiger partial charge in [0.2, 0.25) is 0 Å². The second kappa shape index (κ2) is 20.0. The quantitative estimate of drug-likeness (QED) is 0.0916. The van der Waals surface area contributed by atoms with Crippen LogP contribution in [0.3, 0.4) is 0 Å². The molecule has 0 atom stereocenters. The molecule has 5 heterocycles. The number of ether oxygens (including phenoxy) is 1. The first kappa shape index (κ1) is 43.0. The third-order valence-corrected chi connectivity index (χ3v) is 12.2. The fourth-order valence-corrected chi connectivity index (χ4v) is 8.83. The van der Waals surface area contributed by atoms with Crippen LogP contribution in [0.25, 0.3) is 22.3 Å². The summed E-state index contributed by atoms with van der Waals surface area (Å²) in [6.45, 7) is 2.95. The number of unbranched alkanes of at least 4 members (excludes halogenated alkanes) is 10. The summed E-state index contributed by atoms with van der Waals surface area (Å²) in [6, 6.07) is 29.5. The van der Waals surface area contributed by atoms with Gasteiger partial charge in [-0.05, 0) is 126 Å². The van der Waals surface area contributed by atoms with Crippen molar-refractivity contribution in [1.82, 2.24) is 0 Å². The SMILES string of the molecule is CCCCCCCCCCCCCOc1ccc(C2=C3C=CC(=N3)C(c3ccc(O)cc3)=C3C=CC(=N3)C(c3ccc(O)cc3)=C3C=CC(=N3)C(c3ccc(O)cc3)=C3C=CC2=N3)cc1. The van der Waals surface area contributed by atoms with Crippen molar-refractivity contribution in [2.24, 2.45) is 20.0 Å². The molecule has 4 aromatic rings. The lowest BCUT2D eigenvalue weighted by atomic mass is 9.98. The number of phenols is 3. The van der Waals surface area contributed by atoms with Gasteiger partial charge in [-0.2, -0.15) is 0 Å². The Hall–Kier alpha value is -7.32. The van der Waals surface area contributed by atoms with Crippen molar-refractivity contribution < 1.29 is 20.1 Å². The molecule has 0 saturated heterocycles. The first-order valence-electron chi connectivity index (χ1n) is 23.1. The third-order valence-electron chi connectivity index (χ3n) is 12.2. The van der Waals surface area contributed by atoms with Crippen molar-refractivity contribution in [3.05, 3.63) is 191 Å². The van der Waals surface area contributed by atoms with Crippen molar-refractivity contribution in [1.29, 1.82) is 0 Å². The molecule has 0 radical (unpaired) electrons. The van der Waals surface area contributed by atoms with Crippen LogP contribution in [0.1, 0.15) is 99.8 Å². The molecular weight excluding hydrogens is 805 g/mol. The van der Waals surface area contributed by atoms with Gasteiger partial charge in [0.05, 0.1) is 52.2 Å². The number of hydrogen-bond donors (Lipinski definition) is 3. The number of allylic oxidation sites excluding steroid dienone is 12. The maximum Gasteiger partial charge on any atom is 0.119 e.